The fraction of sp³-hybridized carbons (Fsp3) is 0.538. The molecule has 0 spiro atoms. The Morgan fingerprint density at radius 1 is 1.25 bits per heavy atom. The molecule has 2 rings (SSSR count). The molecule has 2 nitrogen and oxygen atoms in total. The van der Waals surface area contributed by atoms with Crippen LogP contribution in [0.4, 0.5) is 0 Å². The smallest absolute Gasteiger partial charge is 0.138 e. The Kier molecular flexibility index (Phi) is 4.08. The number of hydrogen-bond donors (Lipinski definition) is 2. The fourth-order valence-electron chi connectivity index (χ4n) is 2.26. The molecular formula is C13H18ClNO. The first-order chi connectivity index (χ1) is 7.77. The number of benzene rings is 1. The van der Waals surface area contributed by atoms with Crippen LogP contribution in [-0.2, 0) is 6.54 Å². The molecule has 0 saturated heterocycles. The van der Waals surface area contributed by atoms with Crippen LogP contribution >= 0.6 is 11.6 Å². The van der Waals surface area contributed by atoms with Crippen molar-refractivity contribution in [1.29, 1.82) is 0 Å². The molecular weight excluding hydrogens is 222 g/mol. The Bertz CT molecular complexity index is 348. The van der Waals surface area contributed by atoms with Crippen molar-refractivity contribution >= 4 is 11.6 Å². The minimum Gasteiger partial charge on any atom is -0.506 e. The van der Waals surface area contributed by atoms with Crippen molar-refractivity contribution in [2.24, 2.45) is 0 Å². The van der Waals surface area contributed by atoms with E-state index in [1.165, 1.54) is 32.1 Å². The molecule has 0 unspecified atom stereocenters. The molecule has 0 heterocycles. The van der Waals surface area contributed by atoms with Crippen LogP contribution < -0.4 is 5.32 Å². The molecule has 0 bridgehead atoms. The third kappa shape index (κ3) is 2.89. The van der Waals surface area contributed by atoms with Gasteiger partial charge in [0.2, 0.25) is 0 Å². The standard InChI is InChI=1S/C13H18ClNO/c14-12-8-4-5-10(13(12)16)9-15-11-6-2-1-3-7-11/h4-5,8,11,15-16H,1-3,6-7,9H2. The summed E-state index contributed by atoms with van der Waals surface area (Å²) in [6.07, 6.45) is 6.50. The van der Waals surface area contributed by atoms with Gasteiger partial charge in [-0.05, 0) is 18.9 Å². The Hall–Kier alpha value is -0.730. The van der Waals surface area contributed by atoms with Gasteiger partial charge in [0.15, 0.2) is 0 Å². The Labute approximate surface area is 102 Å². The van der Waals surface area contributed by atoms with Crippen LogP contribution in [0.25, 0.3) is 0 Å². The monoisotopic (exact) mass is 239 g/mol. The lowest BCUT2D eigenvalue weighted by atomic mass is 9.95. The highest BCUT2D eigenvalue weighted by Gasteiger charge is 2.13. The summed E-state index contributed by atoms with van der Waals surface area (Å²) in [5.74, 6) is 0.215. The van der Waals surface area contributed by atoms with Crippen molar-refractivity contribution in [3.8, 4) is 5.75 Å². The molecule has 1 aliphatic carbocycles. The molecule has 0 aliphatic heterocycles. The molecule has 16 heavy (non-hydrogen) atoms. The molecule has 88 valence electrons. The number of hydrogen-bond acceptors (Lipinski definition) is 2. The number of rotatable bonds is 3. The van der Waals surface area contributed by atoms with E-state index in [2.05, 4.69) is 5.32 Å². The minimum absolute atomic E-state index is 0.215. The highest BCUT2D eigenvalue weighted by Crippen LogP contribution is 2.27. The zero-order valence-electron chi connectivity index (χ0n) is 9.38. The van der Waals surface area contributed by atoms with E-state index in [0.29, 0.717) is 17.6 Å². The maximum atomic E-state index is 9.76. The number of halogens is 1. The summed E-state index contributed by atoms with van der Waals surface area (Å²) in [6, 6.07) is 6.10. The maximum Gasteiger partial charge on any atom is 0.138 e. The van der Waals surface area contributed by atoms with Gasteiger partial charge in [0.05, 0.1) is 5.02 Å². The van der Waals surface area contributed by atoms with Crippen molar-refractivity contribution < 1.29 is 5.11 Å². The summed E-state index contributed by atoms with van der Waals surface area (Å²) in [6.45, 7) is 0.705. The summed E-state index contributed by atoms with van der Waals surface area (Å²) in [5, 5.41) is 13.7. The Morgan fingerprint density at radius 3 is 2.75 bits per heavy atom. The average Bonchev–Trinajstić information content (AvgIpc) is 2.32. The van der Waals surface area contributed by atoms with Gasteiger partial charge in [0, 0.05) is 18.2 Å². The topological polar surface area (TPSA) is 32.3 Å². The summed E-state index contributed by atoms with van der Waals surface area (Å²) in [5.41, 5.74) is 0.887. The normalized spacial score (nSPS) is 17.6. The van der Waals surface area contributed by atoms with Crippen LogP contribution in [-0.4, -0.2) is 11.1 Å². The third-order valence-corrected chi connectivity index (χ3v) is 3.56. The lowest BCUT2D eigenvalue weighted by Crippen LogP contribution is -2.30. The predicted molar refractivity (Wildman–Crippen MR) is 66.8 cm³/mol. The van der Waals surface area contributed by atoms with Crippen LogP contribution in [0, 0.1) is 0 Å². The molecule has 1 saturated carbocycles. The van der Waals surface area contributed by atoms with E-state index in [4.69, 9.17) is 11.6 Å². The van der Waals surface area contributed by atoms with Gasteiger partial charge in [-0.1, -0.05) is 43.0 Å². The SMILES string of the molecule is Oc1c(Cl)cccc1CNC1CCCCC1. The van der Waals surface area contributed by atoms with Crippen LogP contribution in [0.15, 0.2) is 18.2 Å². The number of aromatic hydroxyl groups is 1. The number of phenols is 1. The van der Waals surface area contributed by atoms with Gasteiger partial charge in [0.25, 0.3) is 0 Å². The van der Waals surface area contributed by atoms with Crippen molar-refractivity contribution in [3.05, 3.63) is 28.8 Å². The van der Waals surface area contributed by atoms with Gasteiger partial charge in [-0.15, -0.1) is 0 Å². The lowest BCUT2D eigenvalue weighted by molar-refractivity contribution is 0.369. The quantitative estimate of drug-likeness (QED) is 0.847. The van der Waals surface area contributed by atoms with Gasteiger partial charge in [-0.25, -0.2) is 0 Å². The molecule has 0 aromatic heterocycles. The van der Waals surface area contributed by atoms with Crippen molar-refractivity contribution in [1.82, 2.24) is 5.32 Å². The first-order valence-corrected chi connectivity index (χ1v) is 6.35. The van der Waals surface area contributed by atoms with Crippen molar-refractivity contribution in [2.45, 2.75) is 44.7 Å². The number of para-hydroxylation sites is 1. The first kappa shape index (κ1) is 11.7. The molecule has 2 N–H and O–H groups in total. The fourth-order valence-corrected chi connectivity index (χ4v) is 2.46. The molecule has 1 aliphatic rings. The predicted octanol–water partition coefficient (Wildman–Crippen LogP) is 3.47. The highest BCUT2D eigenvalue weighted by atomic mass is 35.5. The van der Waals surface area contributed by atoms with E-state index < -0.39 is 0 Å². The van der Waals surface area contributed by atoms with E-state index in [1.54, 1.807) is 6.07 Å². The average molecular weight is 240 g/mol. The zero-order chi connectivity index (χ0) is 11.4. The van der Waals surface area contributed by atoms with Crippen molar-refractivity contribution in [3.63, 3.8) is 0 Å². The highest BCUT2D eigenvalue weighted by molar-refractivity contribution is 6.32. The van der Waals surface area contributed by atoms with Crippen LogP contribution in [0.1, 0.15) is 37.7 Å². The van der Waals surface area contributed by atoms with E-state index in [9.17, 15) is 5.11 Å². The maximum absolute atomic E-state index is 9.76. The second-order valence-electron chi connectivity index (χ2n) is 4.46. The summed E-state index contributed by atoms with van der Waals surface area (Å²) < 4.78 is 0. The number of nitrogens with one attached hydrogen (secondary N) is 1. The van der Waals surface area contributed by atoms with Crippen molar-refractivity contribution in [2.75, 3.05) is 0 Å². The second kappa shape index (κ2) is 5.55. The minimum atomic E-state index is 0.215. The lowest BCUT2D eigenvalue weighted by Gasteiger charge is -2.23. The molecule has 0 radical (unpaired) electrons. The van der Waals surface area contributed by atoms with E-state index in [0.717, 1.165) is 5.56 Å². The molecule has 0 atom stereocenters. The summed E-state index contributed by atoms with van der Waals surface area (Å²) >= 11 is 5.86. The largest absolute Gasteiger partial charge is 0.506 e. The van der Waals surface area contributed by atoms with Crippen LogP contribution in [0.5, 0.6) is 5.75 Å². The Balaban J connectivity index is 1.91. The van der Waals surface area contributed by atoms with Gasteiger partial charge >= 0.3 is 0 Å². The molecule has 0 amide bonds. The molecule has 1 aromatic carbocycles. The van der Waals surface area contributed by atoms with E-state index in [1.807, 2.05) is 12.1 Å². The molecule has 1 aromatic rings. The van der Waals surface area contributed by atoms with Gasteiger partial charge in [-0.2, -0.15) is 0 Å². The zero-order valence-corrected chi connectivity index (χ0v) is 10.1. The van der Waals surface area contributed by atoms with Crippen LogP contribution in [0.3, 0.4) is 0 Å². The van der Waals surface area contributed by atoms with E-state index >= 15 is 0 Å². The second-order valence-corrected chi connectivity index (χ2v) is 4.87. The number of phenolic OH excluding ortho intramolecular Hbond substituents is 1. The third-order valence-electron chi connectivity index (χ3n) is 3.26. The molecule has 1 fully saturated rings. The van der Waals surface area contributed by atoms with Gasteiger partial charge < -0.3 is 10.4 Å². The van der Waals surface area contributed by atoms with Gasteiger partial charge in [-0.3, -0.25) is 0 Å². The van der Waals surface area contributed by atoms with Crippen LogP contribution in [0.2, 0.25) is 5.02 Å². The molecule has 3 heteroatoms. The first-order valence-electron chi connectivity index (χ1n) is 5.97. The van der Waals surface area contributed by atoms with E-state index in [-0.39, 0.29) is 5.75 Å². The summed E-state index contributed by atoms with van der Waals surface area (Å²) in [7, 11) is 0. The summed E-state index contributed by atoms with van der Waals surface area (Å²) in [4.78, 5) is 0. The van der Waals surface area contributed by atoms with Gasteiger partial charge in [0.1, 0.15) is 5.75 Å². The Morgan fingerprint density at radius 2 is 2.00 bits per heavy atom.